The summed E-state index contributed by atoms with van der Waals surface area (Å²) in [7, 11) is 0. The van der Waals surface area contributed by atoms with E-state index < -0.39 is 17.6 Å². The van der Waals surface area contributed by atoms with Gasteiger partial charge < -0.3 is 14.3 Å². The number of ether oxygens (including phenoxy) is 1. The number of hydrogen-bond donors (Lipinski definition) is 1. The third-order valence-electron chi connectivity index (χ3n) is 2.42. The van der Waals surface area contributed by atoms with Crippen LogP contribution in [0.3, 0.4) is 0 Å². The van der Waals surface area contributed by atoms with Gasteiger partial charge in [-0.05, 0) is 31.3 Å². The molecule has 1 aromatic carbocycles. The van der Waals surface area contributed by atoms with Crippen molar-refractivity contribution in [3.05, 3.63) is 28.5 Å². The SMILES string of the molecule is CCOC(=O)Cn1c(=S)[nH]c2ccc(F)c(F)c21. The fraction of sp³-hybridized carbons (Fsp3) is 0.273. The molecule has 2 rings (SSSR count). The molecule has 0 fully saturated rings. The highest BCUT2D eigenvalue weighted by Gasteiger charge is 2.15. The molecule has 0 aliphatic rings. The van der Waals surface area contributed by atoms with E-state index in [1.165, 1.54) is 10.6 Å². The maximum absolute atomic E-state index is 13.7. The van der Waals surface area contributed by atoms with E-state index in [4.69, 9.17) is 17.0 Å². The Bertz CT molecular complexity index is 663. The molecule has 0 atom stereocenters. The lowest BCUT2D eigenvalue weighted by atomic mass is 10.3. The van der Waals surface area contributed by atoms with E-state index in [0.29, 0.717) is 5.52 Å². The van der Waals surface area contributed by atoms with Crippen molar-refractivity contribution in [1.82, 2.24) is 9.55 Å². The molecule has 0 unspecified atom stereocenters. The molecule has 2 aromatic rings. The smallest absolute Gasteiger partial charge is 0.326 e. The van der Waals surface area contributed by atoms with E-state index in [1.807, 2.05) is 0 Å². The maximum Gasteiger partial charge on any atom is 0.326 e. The van der Waals surface area contributed by atoms with E-state index in [9.17, 15) is 13.6 Å². The van der Waals surface area contributed by atoms with Crippen LogP contribution in [0.2, 0.25) is 0 Å². The molecule has 4 nitrogen and oxygen atoms in total. The van der Waals surface area contributed by atoms with Gasteiger partial charge in [-0.3, -0.25) is 4.79 Å². The number of halogens is 2. The maximum atomic E-state index is 13.7. The standard InChI is InChI=1S/C11H10F2N2O2S/c1-2-17-8(16)5-15-10-7(14-11(15)18)4-3-6(12)9(10)13/h3-4H,2,5H2,1H3,(H,14,18). The second-order valence-corrected chi connectivity index (χ2v) is 3.97. The molecule has 0 saturated carbocycles. The zero-order valence-corrected chi connectivity index (χ0v) is 10.3. The van der Waals surface area contributed by atoms with Crippen LogP contribution in [0.1, 0.15) is 6.92 Å². The van der Waals surface area contributed by atoms with E-state index in [2.05, 4.69) is 4.98 Å². The molecular weight excluding hydrogens is 262 g/mol. The molecule has 0 amide bonds. The summed E-state index contributed by atoms with van der Waals surface area (Å²) in [4.78, 5) is 14.1. The molecule has 0 radical (unpaired) electrons. The van der Waals surface area contributed by atoms with Crippen molar-refractivity contribution in [3.8, 4) is 0 Å². The number of esters is 1. The lowest BCUT2D eigenvalue weighted by molar-refractivity contribution is -0.143. The van der Waals surface area contributed by atoms with Crippen LogP contribution >= 0.6 is 12.2 Å². The van der Waals surface area contributed by atoms with Gasteiger partial charge in [-0.15, -0.1) is 0 Å². The Morgan fingerprint density at radius 2 is 2.22 bits per heavy atom. The normalized spacial score (nSPS) is 10.8. The van der Waals surface area contributed by atoms with Crippen molar-refractivity contribution in [3.63, 3.8) is 0 Å². The van der Waals surface area contributed by atoms with Gasteiger partial charge in [0.05, 0.1) is 12.1 Å². The average Bonchev–Trinajstić information content (AvgIpc) is 2.62. The number of carbonyl (C=O) groups excluding carboxylic acids is 1. The fourth-order valence-corrected chi connectivity index (χ4v) is 1.94. The third kappa shape index (κ3) is 2.13. The number of aromatic amines is 1. The first kappa shape index (κ1) is 12.7. The van der Waals surface area contributed by atoms with E-state index in [0.717, 1.165) is 6.07 Å². The van der Waals surface area contributed by atoms with Gasteiger partial charge in [0, 0.05) is 0 Å². The number of imidazole rings is 1. The summed E-state index contributed by atoms with van der Waals surface area (Å²) in [5, 5.41) is 0. The number of hydrogen-bond acceptors (Lipinski definition) is 3. The Morgan fingerprint density at radius 1 is 1.50 bits per heavy atom. The lowest BCUT2D eigenvalue weighted by Crippen LogP contribution is -2.14. The van der Waals surface area contributed by atoms with Crippen LogP contribution < -0.4 is 0 Å². The second-order valence-electron chi connectivity index (χ2n) is 3.58. The highest BCUT2D eigenvalue weighted by Crippen LogP contribution is 2.20. The number of benzene rings is 1. The first-order valence-corrected chi connectivity index (χ1v) is 5.67. The zero-order valence-electron chi connectivity index (χ0n) is 9.50. The number of fused-ring (bicyclic) bond motifs is 1. The number of nitrogens with zero attached hydrogens (tertiary/aromatic N) is 1. The second kappa shape index (κ2) is 4.85. The number of nitrogens with one attached hydrogen (secondary N) is 1. The topological polar surface area (TPSA) is 47.0 Å². The monoisotopic (exact) mass is 272 g/mol. The van der Waals surface area contributed by atoms with Crippen LogP contribution in [0.4, 0.5) is 8.78 Å². The highest BCUT2D eigenvalue weighted by molar-refractivity contribution is 7.71. The van der Waals surface area contributed by atoms with E-state index >= 15 is 0 Å². The summed E-state index contributed by atoms with van der Waals surface area (Å²) in [5.74, 6) is -2.59. The fourth-order valence-electron chi connectivity index (χ4n) is 1.68. The van der Waals surface area contributed by atoms with Gasteiger partial charge in [-0.1, -0.05) is 0 Å². The van der Waals surface area contributed by atoms with E-state index in [-0.39, 0.29) is 23.4 Å². The molecule has 96 valence electrons. The summed E-state index contributed by atoms with van der Waals surface area (Å²) in [5.41, 5.74) is 0.274. The van der Waals surface area contributed by atoms with Crippen molar-refractivity contribution in [1.29, 1.82) is 0 Å². The van der Waals surface area contributed by atoms with Crippen molar-refractivity contribution in [2.45, 2.75) is 13.5 Å². The predicted molar refractivity (Wildman–Crippen MR) is 63.7 cm³/mol. The Labute approximate surface area is 106 Å². The van der Waals surface area contributed by atoms with Gasteiger partial charge in [0.25, 0.3) is 0 Å². The minimum Gasteiger partial charge on any atom is -0.465 e. The third-order valence-corrected chi connectivity index (χ3v) is 2.74. The van der Waals surface area contributed by atoms with Gasteiger partial charge in [-0.2, -0.15) is 0 Å². The highest BCUT2D eigenvalue weighted by atomic mass is 32.1. The molecule has 0 bridgehead atoms. The lowest BCUT2D eigenvalue weighted by Gasteiger charge is -2.05. The predicted octanol–water partition coefficient (Wildman–Crippen LogP) is 2.54. The number of aromatic nitrogens is 2. The molecule has 0 spiro atoms. The molecule has 18 heavy (non-hydrogen) atoms. The number of rotatable bonds is 3. The van der Waals surface area contributed by atoms with Crippen LogP contribution in [-0.2, 0) is 16.1 Å². The van der Waals surface area contributed by atoms with Crippen LogP contribution in [-0.4, -0.2) is 22.1 Å². The first-order chi connectivity index (χ1) is 8.54. The first-order valence-electron chi connectivity index (χ1n) is 5.26. The average molecular weight is 272 g/mol. The quantitative estimate of drug-likeness (QED) is 0.690. The van der Waals surface area contributed by atoms with Crippen LogP contribution in [0.25, 0.3) is 11.0 Å². The largest absolute Gasteiger partial charge is 0.465 e. The van der Waals surface area contributed by atoms with Crippen LogP contribution in [0.15, 0.2) is 12.1 Å². The van der Waals surface area contributed by atoms with Crippen molar-refractivity contribution >= 4 is 29.2 Å². The van der Waals surface area contributed by atoms with Gasteiger partial charge in [0.2, 0.25) is 0 Å². The molecular formula is C11H10F2N2O2S. The van der Waals surface area contributed by atoms with Crippen LogP contribution in [0.5, 0.6) is 0 Å². The molecule has 0 aliphatic carbocycles. The molecule has 1 N–H and O–H groups in total. The Kier molecular flexibility index (Phi) is 3.42. The molecule has 0 saturated heterocycles. The summed E-state index contributed by atoms with van der Waals surface area (Å²) < 4.78 is 32.9. The van der Waals surface area contributed by atoms with Crippen molar-refractivity contribution in [2.75, 3.05) is 6.61 Å². The molecule has 0 aliphatic heterocycles. The van der Waals surface area contributed by atoms with Gasteiger partial charge in [0.15, 0.2) is 16.4 Å². The zero-order chi connectivity index (χ0) is 13.3. The molecule has 7 heteroatoms. The Balaban J connectivity index is 2.56. The van der Waals surface area contributed by atoms with Gasteiger partial charge in [0.1, 0.15) is 12.1 Å². The summed E-state index contributed by atoms with van der Waals surface area (Å²) in [6, 6.07) is 2.36. The van der Waals surface area contributed by atoms with Gasteiger partial charge >= 0.3 is 5.97 Å². The molecule has 1 heterocycles. The van der Waals surface area contributed by atoms with Gasteiger partial charge in [-0.25, -0.2) is 8.78 Å². The summed E-state index contributed by atoms with van der Waals surface area (Å²) in [6.07, 6.45) is 0. The summed E-state index contributed by atoms with van der Waals surface area (Å²) in [6.45, 7) is 1.62. The summed E-state index contributed by atoms with van der Waals surface area (Å²) >= 11 is 4.97. The van der Waals surface area contributed by atoms with Crippen LogP contribution in [0, 0.1) is 16.4 Å². The van der Waals surface area contributed by atoms with Crippen molar-refractivity contribution in [2.24, 2.45) is 0 Å². The number of H-pyrrole nitrogens is 1. The van der Waals surface area contributed by atoms with Crippen molar-refractivity contribution < 1.29 is 18.3 Å². The Hall–Kier alpha value is -1.76. The minimum absolute atomic E-state index is 0.0620. The minimum atomic E-state index is -1.04. The van der Waals surface area contributed by atoms with E-state index in [1.54, 1.807) is 6.92 Å². The molecule has 1 aromatic heterocycles. The number of carbonyl (C=O) groups is 1. The Morgan fingerprint density at radius 3 is 2.89 bits per heavy atom.